The molecule has 0 radical (unpaired) electrons. The molecule has 0 aromatic carbocycles. The lowest BCUT2D eigenvalue weighted by Crippen LogP contribution is -2.22. The summed E-state index contributed by atoms with van der Waals surface area (Å²) in [6, 6.07) is 0. The summed E-state index contributed by atoms with van der Waals surface area (Å²) in [5.74, 6) is -3.91. The van der Waals surface area contributed by atoms with Crippen molar-refractivity contribution in [2.24, 2.45) is 5.92 Å². The van der Waals surface area contributed by atoms with Gasteiger partial charge < -0.3 is 15.1 Å². The molecule has 5 heteroatoms. The molecule has 0 bridgehead atoms. The smallest absolute Gasteiger partial charge is 0.318 e. The zero-order valence-corrected chi connectivity index (χ0v) is 14.8. The van der Waals surface area contributed by atoms with Crippen LogP contribution in [0.3, 0.4) is 0 Å². The highest BCUT2D eigenvalue weighted by Gasteiger charge is 2.24. The molecule has 0 saturated heterocycles. The summed E-state index contributed by atoms with van der Waals surface area (Å²) in [5, 5.41) is 17.6. The zero-order valence-electron chi connectivity index (χ0n) is 14.8. The van der Waals surface area contributed by atoms with Crippen molar-refractivity contribution >= 4 is 11.9 Å². The highest BCUT2D eigenvalue weighted by Crippen LogP contribution is 2.14. The number of aliphatic carboxylic acids is 2. The van der Waals surface area contributed by atoms with Crippen LogP contribution in [0.5, 0.6) is 0 Å². The lowest BCUT2D eigenvalue weighted by molar-refractivity contribution is -0.154. The van der Waals surface area contributed by atoms with Crippen molar-refractivity contribution in [3.63, 3.8) is 0 Å². The molecule has 0 rings (SSSR count). The minimum absolute atomic E-state index is 0.0454. The SMILES string of the molecule is C/C(=C\CC(C(=O)O)C(=O)O)CC/C=C(\C)CCCCN(C)C. The minimum atomic E-state index is -1.35. The van der Waals surface area contributed by atoms with Gasteiger partial charge in [0.05, 0.1) is 0 Å². The topological polar surface area (TPSA) is 77.8 Å². The quantitative estimate of drug-likeness (QED) is 0.326. The fourth-order valence-electron chi connectivity index (χ4n) is 2.21. The van der Waals surface area contributed by atoms with E-state index in [-0.39, 0.29) is 6.42 Å². The van der Waals surface area contributed by atoms with E-state index >= 15 is 0 Å². The molecule has 0 spiro atoms. The van der Waals surface area contributed by atoms with Gasteiger partial charge >= 0.3 is 11.9 Å². The predicted molar refractivity (Wildman–Crippen MR) is 92.5 cm³/mol. The third-order valence-electron chi connectivity index (χ3n) is 3.76. The molecule has 0 unspecified atom stereocenters. The molecule has 2 N–H and O–H groups in total. The van der Waals surface area contributed by atoms with Crippen LogP contribution in [-0.2, 0) is 9.59 Å². The number of nitrogens with zero attached hydrogens (tertiary/aromatic N) is 1. The number of carboxylic acids is 2. The Balaban J connectivity index is 4.09. The molecule has 0 atom stereocenters. The van der Waals surface area contributed by atoms with E-state index in [4.69, 9.17) is 10.2 Å². The molecular formula is C18H31NO4. The monoisotopic (exact) mass is 325 g/mol. The molecule has 0 aliphatic rings. The van der Waals surface area contributed by atoms with Gasteiger partial charge in [0.1, 0.15) is 0 Å². The molecule has 0 aromatic rings. The third kappa shape index (κ3) is 11.6. The fraction of sp³-hybridized carbons (Fsp3) is 0.667. The molecule has 0 amide bonds. The second-order valence-electron chi connectivity index (χ2n) is 6.36. The summed E-state index contributed by atoms with van der Waals surface area (Å²) in [4.78, 5) is 23.8. The van der Waals surface area contributed by atoms with E-state index in [2.05, 4.69) is 32.0 Å². The Hall–Kier alpha value is -1.62. The van der Waals surface area contributed by atoms with Gasteiger partial charge in [-0.2, -0.15) is 0 Å². The van der Waals surface area contributed by atoms with Gasteiger partial charge in [-0.1, -0.05) is 23.3 Å². The highest BCUT2D eigenvalue weighted by molar-refractivity contribution is 5.93. The molecule has 132 valence electrons. The first-order chi connectivity index (χ1) is 10.7. The molecule has 0 aliphatic heterocycles. The van der Waals surface area contributed by atoms with Crippen LogP contribution < -0.4 is 0 Å². The number of rotatable bonds is 12. The van der Waals surface area contributed by atoms with Gasteiger partial charge in [0, 0.05) is 0 Å². The predicted octanol–water partition coefficient (Wildman–Crippen LogP) is 3.57. The van der Waals surface area contributed by atoms with Crippen LogP contribution in [-0.4, -0.2) is 47.7 Å². The van der Waals surface area contributed by atoms with Crippen molar-refractivity contribution in [3.8, 4) is 0 Å². The van der Waals surface area contributed by atoms with Crippen LogP contribution in [0.4, 0.5) is 0 Å². The second kappa shape index (κ2) is 11.9. The van der Waals surface area contributed by atoms with Crippen molar-refractivity contribution in [2.75, 3.05) is 20.6 Å². The van der Waals surface area contributed by atoms with Crippen LogP contribution in [0.1, 0.15) is 52.4 Å². The largest absolute Gasteiger partial charge is 0.481 e. The van der Waals surface area contributed by atoms with Crippen LogP contribution >= 0.6 is 0 Å². The molecule has 0 heterocycles. The summed E-state index contributed by atoms with van der Waals surface area (Å²) < 4.78 is 0. The molecule has 0 saturated carbocycles. The molecule has 0 aliphatic carbocycles. The lowest BCUT2D eigenvalue weighted by Gasteiger charge is -2.09. The first kappa shape index (κ1) is 21.4. The summed E-state index contributed by atoms with van der Waals surface area (Å²) in [6.45, 7) is 5.17. The Morgan fingerprint density at radius 3 is 2.04 bits per heavy atom. The van der Waals surface area contributed by atoms with Gasteiger partial charge in [-0.15, -0.1) is 0 Å². The van der Waals surface area contributed by atoms with Crippen LogP contribution in [0.2, 0.25) is 0 Å². The van der Waals surface area contributed by atoms with Crippen molar-refractivity contribution in [1.29, 1.82) is 0 Å². The summed E-state index contributed by atoms with van der Waals surface area (Å²) in [7, 11) is 4.16. The number of unbranched alkanes of at least 4 members (excludes halogenated alkanes) is 1. The van der Waals surface area contributed by atoms with Gasteiger partial charge in [0.2, 0.25) is 0 Å². The van der Waals surface area contributed by atoms with E-state index in [0.717, 1.165) is 31.4 Å². The minimum Gasteiger partial charge on any atom is -0.481 e. The molecule has 23 heavy (non-hydrogen) atoms. The van der Waals surface area contributed by atoms with Crippen LogP contribution in [0.25, 0.3) is 0 Å². The van der Waals surface area contributed by atoms with Crippen molar-refractivity contribution in [2.45, 2.75) is 52.4 Å². The average Bonchev–Trinajstić information content (AvgIpc) is 2.42. The molecule has 0 fully saturated rings. The van der Waals surface area contributed by atoms with E-state index in [0.29, 0.717) is 0 Å². The van der Waals surface area contributed by atoms with Gasteiger partial charge in [-0.05, 0) is 73.0 Å². The Bertz CT molecular complexity index is 424. The van der Waals surface area contributed by atoms with Crippen molar-refractivity contribution in [1.82, 2.24) is 4.90 Å². The van der Waals surface area contributed by atoms with Crippen LogP contribution in [0.15, 0.2) is 23.3 Å². The first-order valence-corrected chi connectivity index (χ1v) is 8.15. The van der Waals surface area contributed by atoms with E-state index in [1.807, 2.05) is 6.92 Å². The standard InChI is InChI=1S/C18H31NO4/c1-14(8-5-6-13-19(3)4)9-7-10-15(2)11-12-16(17(20)21)18(22)23/h9,11,16H,5-8,10,12-13H2,1-4H3,(H,20,21)(H,22,23)/b14-9+,15-11+. The Kier molecular flexibility index (Phi) is 11.0. The van der Waals surface area contributed by atoms with E-state index < -0.39 is 17.9 Å². The lowest BCUT2D eigenvalue weighted by atomic mass is 10.0. The van der Waals surface area contributed by atoms with E-state index in [1.165, 1.54) is 18.4 Å². The average molecular weight is 325 g/mol. The van der Waals surface area contributed by atoms with Crippen molar-refractivity contribution in [3.05, 3.63) is 23.3 Å². The molecule has 0 aromatic heterocycles. The normalized spacial score (nSPS) is 13.0. The van der Waals surface area contributed by atoms with Crippen LogP contribution in [0, 0.1) is 5.92 Å². The van der Waals surface area contributed by atoms with E-state index in [1.54, 1.807) is 6.08 Å². The van der Waals surface area contributed by atoms with Gasteiger partial charge in [0.25, 0.3) is 0 Å². The third-order valence-corrected chi connectivity index (χ3v) is 3.76. The van der Waals surface area contributed by atoms with Gasteiger partial charge in [0.15, 0.2) is 5.92 Å². The Morgan fingerprint density at radius 1 is 0.957 bits per heavy atom. The van der Waals surface area contributed by atoms with Gasteiger partial charge in [-0.3, -0.25) is 9.59 Å². The number of carboxylic acid groups (broad SMARTS) is 2. The Morgan fingerprint density at radius 2 is 1.52 bits per heavy atom. The maximum Gasteiger partial charge on any atom is 0.318 e. The number of allylic oxidation sites excluding steroid dienone is 4. The van der Waals surface area contributed by atoms with Gasteiger partial charge in [-0.25, -0.2) is 0 Å². The zero-order chi connectivity index (χ0) is 17.8. The second-order valence-corrected chi connectivity index (χ2v) is 6.36. The number of carbonyl (C=O) groups is 2. The summed E-state index contributed by atoms with van der Waals surface area (Å²) >= 11 is 0. The number of hydrogen-bond donors (Lipinski definition) is 2. The maximum absolute atomic E-state index is 10.8. The molecule has 5 nitrogen and oxygen atoms in total. The maximum atomic E-state index is 10.8. The highest BCUT2D eigenvalue weighted by atomic mass is 16.4. The fourth-order valence-corrected chi connectivity index (χ4v) is 2.21. The number of hydrogen-bond acceptors (Lipinski definition) is 3. The van der Waals surface area contributed by atoms with Crippen molar-refractivity contribution < 1.29 is 19.8 Å². The summed E-state index contributed by atoms with van der Waals surface area (Å²) in [6.07, 6.45) is 9.23. The Labute approximate surface area is 139 Å². The molecular weight excluding hydrogens is 294 g/mol. The van der Waals surface area contributed by atoms with E-state index in [9.17, 15) is 9.59 Å². The first-order valence-electron chi connectivity index (χ1n) is 8.15. The summed E-state index contributed by atoms with van der Waals surface area (Å²) in [5.41, 5.74) is 2.42.